The van der Waals surface area contributed by atoms with Crippen LogP contribution in [0, 0.1) is 25.7 Å². The molecular formula is C16H28N4. The Morgan fingerprint density at radius 1 is 1.20 bits per heavy atom. The fraction of sp³-hybridized carbons (Fsp3) is 0.750. The molecule has 0 aromatic carbocycles. The van der Waals surface area contributed by atoms with Crippen molar-refractivity contribution in [2.45, 2.75) is 40.5 Å². The van der Waals surface area contributed by atoms with Crippen molar-refractivity contribution in [2.24, 2.45) is 11.8 Å². The van der Waals surface area contributed by atoms with E-state index in [1.165, 1.54) is 12.8 Å². The van der Waals surface area contributed by atoms with E-state index >= 15 is 0 Å². The number of nitrogens with one attached hydrogen (secondary N) is 1. The minimum absolute atomic E-state index is 0.735. The lowest BCUT2D eigenvalue weighted by Gasteiger charge is -2.32. The lowest BCUT2D eigenvalue weighted by Crippen LogP contribution is -2.38. The first kappa shape index (κ1) is 15.2. The number of piperidine rings is 1. The first-order chi connectivity index (χ1) is 9.54. The SMILES string of the molecule is Cc1cc(C)nc(N2CCC(CNCC(C)C)CC2)n1. The predicted molar refractivity (Wildman–Crippen MR) is 84.2 cm³/mol. The van der Waals surface area contributed by atoms with Gasteiger partial charge in [0.25, 0.3) is 0 Å². The molecule has 0 spiro atoms. The third-order valence-corrected chi connectivity index (χ3v) is 3.85. The molecule has 112 valence electrons. The summed E-state index contributed by atoms with van der Waals surface area (Å²) in [6.45, 7) is 13.0. The van der Waals surface area contributed by atoms with E-state index in [9.17, 15) is 0 Å². The Balaban J connectivity index is 1.81. The van der Waals surface area contributed by atoms with Gasteiger partial charge in [0, 0.05) is 24.5 Å². The normalized spacial score (nSPS) is 16.9. The number of anilines is 1. The third-order valence-electron chi connectivity index (χ3n) is 3.85. The molecule has 0 amide bonds. The Morgan fingerprint density at radius 3 is 2.35 bits per heavy atom. The summed E-state index contributed by atoms with van der Waals surface area (Å²) in [5.41, 5.74) is 2.13. The van der Waals surface area contributed by atoms with Crippen LogP contribution in [0.4, 0.5) is 5.95 Å². The first-order valence-electron chi connectivity index (χ1n) is 7.82. The molecule has 0 unspecified atom stereocenters. The third kappa shape index (κ3) is 4.44. The van der Waals surface area contributed by atoms with E-state index in [1.807, 2.05) is 19.9 Å². The second kappa shape index (κ2) is 7.02. The van der Waals surface area contributed by atoms with E-state index < -0.39 is 0 Å². The smallest absolute Gasteiger partial charge is 0.225 e. The summed E-state index contributed by atoms with van der Waals surface area (Å²) >= 11 is 0. The van der Waals surface area contributed by atoms with Gasteiger partial charge in [-0.2, -0.15) is 0 Å². The van der Waals surface area contributed by atoms with Gasteiger partial charge in [-0.05, 0) is 57.7 Å². The number of nitrogens with zero attached hydrogens (tertiary/aromatic N) is 3. The van der Waals surface area contributed by atoms with Gasteiger partial charge in [-0.1, -0.05) is 13.8 Å². The summed E-state index contributed by atoms with van der Waals surface area (Å²) in [6, 6.07) is 2.03. The van der Waals surface area contributed by atoms with E-state index in [-0.39, 0.29) is 0 Å². The summed E-state index contributed by atoms with van der Waals surface area (Å²) in [5.74, 6) is 2.45. The van der Waals surface area contributed by atoms with Gasteiger partial charge in [0.1, 0.15) is 0 Å². The van der Waals surface area contributed by atoms with Crippen molar-refractivity contribution in [3.8, 4) is 0 Å². The molecule has 4 heteroatoms. The van der Waals surface area contributed by atoms with Gasteiger partial charge in [-0.25, -0.2) is 9.97 Å². The van der Waals surface area contributed by atoms with Crippen molar-refractivity contribution in [1.82, 2.24) is 15.3 Å². The molecule has 2 heterocycles. The zero-order chi connectivity index (χ0) is 14.5. The van der Waals surface area contributed by atoms with E-state index in [2.05, 4.69) is 34.0 Å². The summed E-state index contributed by atoms with van der Waals surface area (Å²) in [6.07, 6.45) is 2.48. The molecule has 2 rings (SSSR count). The number of aromatic nitrogens is 2. The largest absolute Gasteiger partial charge is 0.341 e. The van der Waals surface area contributed by atoms with Crippen LogP contribution in [-0.4, -0.2) is 36.1 Å². The second-order valence-corrected chi connectivity index (χ2v) is 6.43. The van der Waals surface area contributed by atoms with E-state index in [0.29, 0.717) is 0 Å². The number of aryl methyl sites for hydroxylation is 2. The Hall–Kier alpha value is -1.16. The predicted octanol–water partition coefficient (Wildman–Crippen LogP) is 2.56. The number of hydrogen-bond donors (Lipinski definition) is 1. The maximum atomic E-state index is 4.57. The second-order valence-electron chi connectivity index (χ2n) is 6.43. The summed E-state index contributed by atoms with van der Waals surface area (Å²) < 4.78 is 0. The van der Waals surface area contributed by atoms with Crippen LogP contribution in [0.2, 0.25) is 0 Å². The summed E-state index contributed by atoms with van der Waals surface area (Å²) in [5, 5.41) is 3.58. The van der Waals surface area contributed by atoms with Crippen LogP contribution >= 0.6 is 0 Å². The maximum Gasteiger partial charge on any atom is 0.225 e. The molecule has 0 bridgehead atoms. The highest BCUT2D eigenvalue weighted by Gasteiger charge is 2.21. The van der Waals surface area contributed by atoms with Gasteiger partial charge in [0.15, 0.2) is 0 Å². The van der Waals surface area contributed by atoms with E-state index in [4.69, 9.17) is 0 Å². The van der Waals surface area contributed by atoms with Gasteiger partial charge < -0.3 is 10.2 Å². The quantitative estimate of drug-likeness (QED) is 0.897. The van der Waals surface area contributed by atoms with Crippen LogP contribution < -0.4 is 10.2 Å². The first-order valence-corrected chi connectivity index (χ1v) is 7.82. The van der Waals surface area contributed by atoms with Crippen LogP contribution in [0.25, 0.3) is 0 Å². The lowest BCUT2D eigenvalue weighted by atomic mass is 9.97. The number of rotatable bonds is 5. The van der Waals surface area contributed by atoms with Crippen molar-refractivity contribution in [3.05, 3.63) is 17.5 Å². The maximum absolute atomic E-state index is 4.57. The molecule has 1 aromatic rings. The topological polar surface area (TPSA) is 41.1 Å². The summed E-state index contributed by atoms with van der Waals surface area (Å²) in [4.78, 5) is 11.5. The monoisotopic (exact) mass is 276 g/mol. The Morgan fingerprint density at radius 2 is 1.80 bits per heavy atom. The molecule has 1 fully saturated rings. The van der Waals surface area contributed by atoms with Crippen molar-refractivity contribution >= 4 is 5.95 Å². The Bertz CT molecular complexity index is 402. The molecule has 4 nitrogen and oxygen atoms in total. The molecule has 1 aliphatic rings. The molecule has 20 heavy (non-hydrogen) atoms. The van der Waals surface area contributed by atoms with Crippen LogP contribution in [0.5, 0.6) is 0 Å². The van der Waals surface area contributed by atoms with Gasteiger partial charge in [0.05, 0.1) is 0 Å². The molecule has 0 radical (unpaired) electrons. The van der Waals surface area contributed by atoms with Gasteiger partial charge >= 0.3 is 0 Å². The molecular weight excluding hydrogens is 248 g/mol. The van der Waals surface area contributed by atoms with Gasteiger partial charge in [-0.15, -0.1) is 0 Å². The average molecular weight is 276 g/mol. The van der Waals surface area contributed by atoms with Gasteiger partial charge in [0.2, 0.25) is 5.95 Å². The fourth-order valence-electron chi connectivity index (χ4n) is 2.76. The highest BCUT2D eigenvalue weighted by Crippen LogP contribution is 2.20. The van der Waals surface area contributed by atoms with Crippen molar-refractivity contribution in [3.63, 3.8) is 0 Å². The summed E-state index contributed by atoms with van der Waals surface area (Å²) in [7, 11) is 0. The molecule has 1 saturated heterocycles. The Kier molecular flexibility index (Phi) is 5.35. The molecule has 0 saturated carbocycles. The average Bonchev–Trinajstić information content (AvgIpc) is 2.38. The highest BCUT2D eigenvalue weighted by atomic mass is 15.3. The van der Waals surface area contributed by atoms with Gasteiger partial charge in [-0.3, -0.25) is 0 Å². The van der Waals surface area contributed by atoms with Crippen LogP contribution in [0.15, 0.2) is 6.07 Å². The minimum Gasteiger partial charge on any atom is -0.341 e. The molecule has 1 N–H and O–H groups in total. The van der Waals surface area contributed by atoms with Crippen LogP contribution in [0.3, 0.4) is 0 Å². The fourth-order valence-corrected chi connectivity index (χ4v) is 2.76. The number of hydrogen-bond acceptors (Lipinski definition) is 4. The zero-order valence-electron chi connectivity index (χ0n) is 13.3. The van der Waals surface area contributed by atoms with Crippen molar-refractivity contribution in [1.29, 1.82) is 0 Å². The highest BCUT2D eigenvalue weighted by molar-refractivity contribution is 5.32. The Labute approximate surface area is 123 Å². The molecule has 0 aliphatic carbocycles. The molecule has 1 aliphatic heterocycles. The lowest BCUT2D eigenvalue weighted by molar-refractivity contribution is 0.371. The van der Waals surface area contributed by atoms with Crippen LogP contribution in [0.1, 0.15) is 38.1 Å². The molecule has 0 atom stereocenters. The van der Waals surface area contributed by atoms with Crippen LogP contribution in [-0.2, 0) is 0 Å². The van der Waals surface area contributed by atoms with E-state index in [1.54, 1.807) is 0 Å². The standard InChI is InChI=1S/C16H28N4/c1-12(2)10-17-11-15-5-7-20(8-6-15)16-18-13(3)9-14(4)19-16/h9,12,15,17H,5-8,10-11H2,1-4H3. The van der Waals surface area contributed by atoms with Crippen molar-refractivity contribution < 1.29 is 0 Å². The van der Waals surface area contributed by atoms with Crippen molar-refractivity contribution in [2.75, 3.05) is 31.1 Å². The minimum atomic E-state index is 0.735. The zero-order valence-corrected chi connectivity index (χ0v) is 13.3. The van der Waals surface area contributed by atoms with E-state index in [0.717, 1.165) is 55.4 Å². The molecule has 1 aromatic heterocycles.